The van der Waals surface area contributed by atoms with E-state index in [4.69, 9.17) is 0 Å². The SMILES string of the molecule is CCNC(=O)C1(CCC(C)C)CCCC1. The van der Waals surface area contributed by atoms with Crippen LogP contribution in [-0.4, -0.2) is 12.5 Å². The van der Waals surface area contributed by atoms with Gasteiger partial charge in [0, 0.05) is 12.0 Å². The molecule has 0 atom stereocenters. The second-order valence-electron chi connectivity index (χ2n) is 5.28. The number of rotatable bonds is 5. The normalized spacial score (nSPS) is 19.5. The van der Waals surface area contributed by atoms with E-state index in [1.54, 1.807) is 0 Å². The molecule has 0 aromatic rings. The molecule has 0 aromatic heterocycles. The summed E-state index contributed by atoms with van der Waals surface area (Å²) in [4.78, 5) is 12.1. The Labute approximate surface area is 93.8 Å². The van der Waals surface area contributed by atoms with E-state index in [-0.39, 0.29) is 5.41 Å². The van der Waals surface area contributed by atoms with Crippen molar-refractivity contribution in [2.45, 2.75) is 59.3 Å². The van der Waals surface area contributed by atoms with Crippen LogP contribution in [0.4, 0.5) is 0 Å². The average Bonchev–Trinajstić information content (AvgIpc) is 2.65. The molecule has 0 saturated heterocycles. The molecule has 0 heterocycles. The fourth-order valence-electron chi connectivity index (χ4n) is 2.56. The van der Waals surface area contributed by atoms with Crippen molar-refractivity contribution in [2.75, 3.05) is 6.54 Å². The molecule has 0 radical (unpaired) electrons. The lowest BCUT2D eigenvalue weighted by Crippen LogP contribution is -2.39. The standard InChI is InChI=1S/C13H25NO/c1-4-14-12(15)13(8-5-6-9-13)10-7-11(2)3/h11H,4-10H2,1-3H3,(H,14,15). The molecule has 0 spiro atoms. The Kier molecular flexibility index (Phi) is 4.62. The number of hydrogen-bond acceptors (Lipinski definition) is 1. The van der Waals surface area contributed by atoms with Crippen LogP contribution in [-0.2, 0) is 4.79 Å². The van der Waals surface area contributed by atoms with Crippen LogP contribution in [0.15, 0.2) is 0 Å². The topological polar surface area (TPSA) is 29.1 Å². The molecule has 1 N–H and O–H groups in total. The van der Waals surface area contributed by atoms with Gasteiger partial charge in [-0.1, -0.05) is 26.7 Å². The first-order valence-electron chi connectivity index (χ1n) is 6.39. The molecule has 0 unspecified atom stereocenters. The second-order valence-corrected chi connectivity index (χ2v) is 5.28. The summed E-state index contributed by atoms with van der Waals surface area (Å²) in [6, 6.07) is 0. The van der Waals surface area contributed by atoms with Gasteiger partial charge >= 0.3 is 0 Å². The molecular weight excluding hydrogens is 186 g/mol. The van der Waals surface area contributed by atoms with Gasteiger partial charge in [-0.25, -0.2) is 0 Å². The Bertz CT molecular complexity index is 205. The monoisotopic (exact) mass is 211 g/mol. The van der Waals surface area contributed by atoms with Gasteiger partial charge in [0.25, 0.3) is 0 Å². The molecule has 2 heteroatoms. The van der Waals surface area contributed by atoms with Crippen LogP contribution in [0, 0.1) is 11.3 Å². The van der Waals surface area contributed by atoms with Crippen LogP contribution in [0.25, 0.3) is 0 Å². The smallest absolute Gasteiger partial charge is 0.226 e. The zero-order valence-corrected chi connectivity index (χ0v) is 10.4. The van der Waals surface area contributed by atoms with Gasteiger partial charge in [0.2, 0.25) is 5.91 Å². The first kappa shape index (κ1) is 12.5. The summed E-state index contributed by atoms with van der Waals surface area (Å²) in [5.74, 6) is 1.01. The lowest BCUT2D eigenvalue weighted by molar-refractivity contribution is -0.131. The van der Waals surface area contributed by atoms with E-state index in [0.29, 0.717) is 11.8 Å². The third-order valence-electron chi connectivity index (χ3n) is 3.58. The molecule has 1 aliphatic rings. The molecule has 1 rings (SSSR count). The van der Waals surface area contributed by atoms with E-state index in [1.807, 2.05) is 6.92 Å². The van der Waals surface area contributed by atoms with Gasteiger partial charge in [-0.15, -0.1) is 0 Å². The lowest BCUT2D eigenvalue weighted by Gasteiger charge is -2.28. The van der Waals surface area contributed by atoms with Crippen LogP contribution < -0.4 is 5.32 Å². The van der Waals surface area contributed by atoms with Gasteiger partial charge in [0.15, 0.2) is 0 Å². The molecule has 0 bridgehead atoms. The quantitative estimate of drug-likeness (QED) is 0.743. The highest BCUT2D eigenvalue weighted by molar-refractivity contribution is 5.82. The first-order chi connectivity index (χ1) is 7.10. The molecule has 2 nitrogen and oxygen atoms in total. The molecule has 88 valence electrons. The summed E-state index contributed by atoms with van der Waals surface area (Å²) in [5, 5.41) is 3.01. The van der Waals surface area contributed by atoms with E-state index < -0.39 is 0 Å². The van der Waals surface area contributed by atoms with E-state index >= 15 is 0 Å². The van der Waals surface area contributed by atoms with Crippen molar-refractivity contribution in [3.8, 4) is 0 Å². The number of carbonyl (C=O) groups excluding carboxylic acids is 1. The predicted molar refractivity (Wildman–Crippen MR) is 63.7 cm³/mol. The molecule has 15 heavy (non-hydrogen) atoms. The predicted octanol–water partition coefficient (Wildman–Crippen LogP) is 3.12. The minimum atomic E-state index is -0.0136. The van der Waals surface area contributed by atoms with Crippen molar-refractivity contribution in [1.29, 1.82) is 0 Å². The van der Waals surface area contributed by atoms with E-state index in [0.717, 1.165) is 25.8 Å². The minimum absolute atomic E-state index is 0.0136. The summed E-state index contributed by atoms with van der Waals surface area (Å²) >= 11 is 0. The van der Waals surface area contributed by atoms with E-state index in [2.05, 4.69) is 19.2 Å². The van der Waals surface area contributed by atoms with Gasteiger partial charge in [-0.3, -0.25) is 4.79 Å². The van der Waals surface area contributed by atoms with Crippen LogP contribution in [0.5, 0.6) is 0 Å². The third kappa shape index (κ3) is 3.22. The highest BCUT2D eigenvalue weighted by Crippen LogP contribution is 2.42. The molecular formula is C13H25NO. The highest BCUT2D eigenvalue weighted by atomic mass is 16.2. The Morgan fingerprint density at radius 1 is 1.33 bits per heavy atom. The Morgan fingerprint density at radius 2 is 1.93 bits per heavy atom. The zero-order chi connectivity index (χ0) is 11.3. The third-order valence-corrected chi connectivity index (χ3v) is 3.58. The van der Waals surface area contributed by atoms with E-state index in [1.165, 1.54) is 19.3 Å². The molecule has 0 aromatic carbocycles. The summed E-state index contributed by atoms with van der Waals surface area (Å²) in [6.07, 6.45) is 6.93. The Morgan fingerprint density at radius 3 is 2.40 bits per heavy atom. The largest absolute Gasteiger partial charge is 0.356 e. The minimum Gasteiger partial charge on any atom is -0.356 e. The summed E-state index contributed by atoms with van der Waals surface area (Å²) in [6.45, 7) is 7.24. The van der Waals surface area contributed by atoms with Gasteiger partial charge in [-0.2, -0.15) is 0 Å². The average molecular weight is 211 g/mol. The van der Waals surface area contributed by atoms with Crippen molar-refractivity contribution in [1.82, 2.24) is 5.32 Å². The number of nitrogens with one attached hydrogen (secondary N) is 1. The fraction of sp³-hybridized carbons (Fsp3) is 0.923. The molecule has 1 saturated carbocycles. The Balaban J connectivity index is 2.57. The maximum atomic E-state index is 12.1. The number of amides is 1. The lowest BCUT2D eigenvalue weighted by atomic mass is 9.79. The maximum absolute atomic E-state index is 12.1. The Hall–Kier alpha value is -0.530. The summed E-state index contributed by atoms with van der Waals surface area (Å²) in [5.41, 5.74) is -0.0136. The molecule has 1 aliphatic carbocycles. The zero-order valence-electron chi connectivity index (χ0n) is 10.4. The van der Waals surface area contributed by atoms with Gasteiger partial charge < -0.3 is 5.32 Å². The van der Waals surface area contributed by atoms with Gasteiger partial charge in [-0.05, 0) is 38.5 Å². The molecule has 1 fully saturated rings. The molecule has 1 amide bonds. The summed E-state index contributed by atoms with van der Waals surface area (Å²) < 4.78 is 0. The number of hydrogen-bond donors (Lipinski definition) is 1. The van der Waals surface area contributed by atoms with Crippen molar-refractivity contribution in [2.24, 2.45) is 11.3 Å². The van der Waals surface area contributed by atoms with Crippen molar-refractivity contribution in [3.05, 3.63) is 0 Å². The van der Waals surface area contributed by atoms with Crippen LogP contribution >= 0.6 is 0 Å². The highest BCUT2D eigenvalue weighted by Gasteiger charge is 2.40. The fourth-order valence-corrected chi connectivity index (χ4v) is 2.56. The summed E-state index contributed by atoms with van der Waals surface area (Å²) in [7, 11) is 0. The van der Waals surface area contributed by atoms with Crippen LogP contribution in [0.1, 0.15) is 59.3 Å². The van der Waals surface area contributed by atoms with Gasteiger partial charge in [0.1, 0.15) is 0 Å². The van der Waals surface area contributed by atoms with E-state index in [9.17, 15) is 4.79 Å². The van der Waals surface area contributed by atoms with Crippen LogP contribution in [0.3, 0.4) is 0 Å². The van der Waals surface area contributed by atoms with Crippen molar-refractivity contribution in [3.63, 3.8) is 0 Å². The van der Waals surface area contributed by atoms with Crippen LogP contribution in [0.2, 0.25) is 0 Å². The molecule has 0 aliphatic heterocycles. The maximum Gasteiger partial charge on any atom is 0.226 e. The number of carbonyl (C=O) groups is 1. The van der Waals surface area contributed by atoms with Gasteiger partial charge in [0.05, 0.1) is 0 Å². The van der Waals surface area contributed by atoms with Crippen molar-refractivity contribution >= 4 is 5.91 Å². The first-order valence-corrected chi connectivity index (χ1v) is 6.39. The second kappa shape index (κ2) is 5.53. The van der Waals surface area contributed by atoms with Crippen molar-refractivity contribution < 1.29 is 4.79 Å².